The highest BCUT2D eigenvalue weighted by Crippen LogP contribution is 2.42. The Morgan fingerprint density at radius 2 is 1.33 bits per heavy atom. The molecule has 0 aliphatic carbocycles. The molecule has 0 heterocycles. The molecule has 0 amide bonds. The predicted octanol–water partition coefficient (Wildman–Crippen LogP) is 6.58. The molecule has 0 saturated heterocycles. The molecule has 36 heavy (non-hydrogen) atoms. The first-order chi connectivity index (χ1) is 17.4. The zero-order valence-electron chi connectivity index (χ0n) is 22.7. The van der Waals surface area contributed by atoms with Gasteiger partial charge in [-0.1, -0.05) is 96.1 Å². The van der Waals surface area contributed by atoms with Gasteiger partial charge >= 0.3 is 13.8 Å². The number of hydrogen-bond acceptors (Lipinski definition) is 7. The number of ether oxygens (including phenoxy) is 1. The first-order valence-electron chi connectivity index (χ1n) is 14.2. The summed E-state index contributed by atoms with van der Waals surface area (Å²) in [6.45, 7) is 1.28. The lowest BCUT2D eigenvalue weighted by Gasteiger charge is -2.17. The predicted molar refractivity (Wildman–Crippen MR) is 146 cm³/mol. The Bertz CT molecular complexity index is 574. The van der Waals surface area contributed by atoms with E-state index in [4.69, 9.17) is 15.0 Å². The summed E-state index contributed by atoms with van der Waals surface area (Å²) in [4.78, 5) is 21.4. The zero-order valence-corrected chi connectivity index (χ0v) is 23.6. The van der Waals surface area contributed by atoms with Crippen LogP contribution in [0.1, 0.15) is 122 Å². The van der Waals surface area contributed by atoms with Crippen molar-refractivity contribution in [3.63, 3.8) is 0 Å². The number of nitrogens with two attached hydrogens (primary N) is 1. The van der Waals surface area contributed by atoms with Crippen molar-refractivity contribution in [2.75, 3.05) is 26.4 Å². The minimum absolute atomic E-state index is 0.0730. The first-order valence-corrected chi connectivity index (χ1v) is 15.7. The third-order valence-electron chi connectivity index (χ3n) is 5.94. The number of phosphoric acid groups is 1. The summed E-state index contributed by atoms with van der Waals surface area (Å²) in [7, 11) is -4.26. The average molecular weight is 536 g/mol. The van der Waals surface area contributed by atoms with Gasteiger partial charge in [0.1, 0.15) is 6.10 Å². The molecule has 0 aliphatic rings. The summed E-state index contributed by atoms with van der Waals surface area (Å²) in [5, 5.41) is 9.29. The summed E-state index contributed by atoms with van der Waals surface area (Å²) in [5.41, 5.74) is 5.20. The van der Waals surface area contributed by atoms with Crippen LogP contribution in [0.2, 0.25) is 0 Å². The van der Waals surface area contributed by atoms with Crippen molar-refractivity contribution in [1.82, 2.24) is 0 Å². The molecule has 8 nitrogen and oxygen atoms in total. The van der Waals surface area contributed by atoms with Gasteiger partial charge in [-0.3, -0.25) is 13.8 Å². The topological polar surface area (TPSA) is 128 Å². The second-order valence-corrected chi connectivity index (χ2v) is 10.9. The third kappa shape index (κ3) is 24.9. The molecule has 0 fully saturated rings. The molecular formula is C27H54NO7P. The highest BCUT2D eigenvalue weighted by Gasteiger charge is 2.24. The maximum atomic E-state index is 11.9. The van der Waals surface area contributed by atoms with Crippen molar-refractivity contribution in [3.8, 4) is 0 Å². The lowest BCUT2D eigenvalue weighted by Crippen LogP contribution is -2.27. The molecule has 0 saturated carbocycles. The van der Waals surface area contributed by atoms with E-state index in [9.17, 15) is 19.4 Å². The molecule has 0 aliphatic heterocycles. The van der Waals surface area contributed by atoms with E-state index < -0.39 is 33.1 Å². The van der Waals surface area contributed by atoms with Gasteiger partial charge in [-0.15, -0.1) is 0 Å². The van der Waals surface area contributed by atoms with Gasteiger partial charge in [-0.2, -0.15) is 0 Å². The molecule has 214 valence electrons. The number of aliphatic hydroxyl groups excluding tert-OH is 1. The van der Waals surface area contributed by atoms with Crippen molar-refractivity contribution in [1.29, 1.82) is 0 Å². The van der Waals surface area contributed by atoms with Gasteiger partial charge in [-0.05, 0) is 32.1 Å². The van der Waals surface area contributed by atoms with Gasteiger partial charge in [0.15, 0.2) is 0 Å². The summed E-state index contributed by atoms with van der Waals surface area (Å²) in [5.74, 6) is -0.450. The van der Waals surface area contributed by atoms with E-state index in [1.165, 1.54) is 89.9 Å². The van der Waals surface area contributed by atoms with Gasteiger partial charge in [0.2, 0.25) is 0 Å². The third-order valence-corrected chi connectivity index (χ3v) is 6.92. The van der Waals surface area contributed by atoms with E-state index in [0.29, 0.717) is 0 Å². The number of aliphatic hydroxyl groups is 1. The molecular weight excluding hydrogens is 481 g/mol. The van der Waals surface area contributed by atoms with Crippen LogP contribution in [-0.4, -0.2) is 48.4 Å². The van der Waals surface area contributed by atoms with E-state index in [1.807, 2.05) is 0 Å². The molecule has 0 aromatic carbocycles. The van der Waals surface area contributed by atoms with Gasteiger partial charge in [0.05, 0.1) is 19.8 Å². The Kier molecular flexibility index (Phi) is 25.3. The van der Waals surface area contributed by atoms with E-state index >= 15 is 0 Å². The lowest BCUT2D eigenvalue weighted by molar-refractivity contribution is -0.153. The van der Waals surface area contributed by atoms with Crippen LogP contribution in [0.5, 0.6) is 0 Å². The van der Waals surface area contributed by atoms with Crippen molar-refractivity contribution in [2.24, 2.45) is 5.73 Å². The van der Waals surface area contributed by atoms with Crippen LogP contribution in [0.3, 0.4) is 0 Å². The Morgan fingerprint density at radius 1 is 0.833 bits per heavy atom. The van der Waals surface area contributed by atoms with Crippen molar-refractivity contribution >= 4 is 13.8 Å². The van der Waals surface area contributed by atoms with Crippen molar-refractivity contribution < 1.29 is 33.1 Å². The van der Waals surface area contributed by atoms with Crippen LogP contribution >= 0.6 is 7.82 Å². The number of unbranched alkanes of at least 4 members (excludes halogenated alkanes) is 15. The number of phosphoric ester groups is 1. The number of carbonyl (C=O) groups is 1. The molecule has 9 heteroatoms. The SMILES string of the molecule is CCCCCCCCC=CCCCCCCCCCCCC(=O)OC(CO)COP(=O)(O)OCCN. The molecule has 0 aromatic rings. The fourth-order valence-electron chi connectivity index (χ4n) is 3.80. The molecule has 0 radical (unpaired) electrons. The van der Waals surface area contributed by atoms with Gasteiger partial charge in [0, 0.05) is 13.0 Å². The minimum Gasteiger partial charge on any atom is -0.457 e. The first kappa shape index (κ1) is 35.2. The molecule has 2 atom stereocenters. The second-order valence-electron chi connectivity index (χ2n) is 9.43. The Hall–Kier alpha value is -0.760. The van der Waals surface area contributed by atoms with Crippen LogP contribution in [0.25, 0.3) is 0 Å². The molecule has 0 spiro atoms. The van der Waals surface area contributed by atoms with Crippen molar-refractivity contribution in [2.45, 2.75) is 129 Å². The van der Waals surface area contributed by atoms with Crippen LogP contribution in [0.4, 0.5) is 0 Å². The normalized spacial score (nSPS) is 14.2. The molecule has 0 bridgehead atoms. The van der Waals surface area contributed by atoms with Crippen LogP contribution < -0.4 is 5.73 Å². The Morgan fingerprint density at radius 3 is 1.83 bits per heavy atom. The largest absolute Gasteiger partial charge is 0.472 e. The molecule has 0 aromatic heterocycles. The minimum atomic E-state index is -4.26. The number of esters is 1. The quantitative estimate of drug-likeness (QED) is 0.0466. The summed E-state index contributed by atoms with van der Waals surface area (Å²) in [6, 6.07) is 0. The van der Waals surface area contributed by atoms with E-state index in [1.54, 1.807) is 0 Å². The van der Waals surface area contributed by atoms with Gasteiger partial charge < -0.3 is 20.5 Å². The van der Waals surface area contributed by atoms with E-state index in [0.717, 1.165) is 19.3 Å². The van der Waals surface area contributed by atoms with Crippen LogP contribution in [0.15, 0.2) is 12.2 Å². The fourth-order valence-corrected chi connectivity index (χ4v) is 4.56. The zero-order chi connectivity index (χ0) is 26.7. The van der Waals surface area contributed by atoms with E-state index in [2.05, 4.69) is 23.6 Å². The van der Waals surface area contributed by atoms with E-state index in [-0.39, 0.29) is 19.6 Å². The Labute approximate surface area is 220 Å². The summed E-state index contributed by atoms with van der Waals surface area (Å²) < 4.78 is 26.0. The summed E-state index contributed by atoms with van der Waals surface area (Å²) in [6.07, 6.45) is 24.9. The highest BCUT2D eigenvalue weighted by molar-refractivity contribution is 7.47. The Balaban J connectivity index is 3.52. The van der Waals surface area contributed by atoms with Gasteiger partial charge in [0.25, 0.3) is 0 Å². The van der Waals surface area contributed by atoms with Crippen LogP contribution in [0, 0.1) is 0 Å². The highest BCUT2D eigenvalue weighted by atomic mass is 31.2. The number of rotatable bonds is 27. The number of hydrogen-bond donors (Lipinski definition) is 3. The molecule has 2 unspecified atom stereocenters. The fraction of sp³-hybridized carbons (Fsp3) is 0.889. The molecule has 0 rings (SSSR count). The maximum absolute atomic E-state index is 11.9. The lowest BCUT2D eigenvalue weighted by atomic mass is 10.1. The standard InChI is InChI=1S/C27H54NO7P/c1-2-3-4-5-6-7-8-9-10-11-12-13-14-15-16-17-18-19-20-21-27(30)35-26(24-29)25-34-36(31,32)33-23-22-28/h9-10,26,29H,2-8,11-25,28H2,1H3,(H,31,32). The maximum Gasteiger partial charge on any atom is 0.472 e. The number of carbonyl (C=O) groups excluding carboxylic acids is 1. The smallest absolute Gasteiger partial charge is 0.457 e. The summed E-state index contributed by atoms with van der Waals surface area (Å²) >= 11 is 0. The van der Waals surface area contributed by atoms with Gasteiger partial charge in [-0.25, -0.2) is 4.57 Å². The molecule has 4 N–H and O–H groups in total. The van der Waals surface area contributed by atoms with Crippen LogP contribution in [-0.2, 0) is 23.1 Å². The second kappa shape index (κ2) is 25.9. The average Bonchev–Trinajstić information content (AvgIpc) is 2.86. The van der Waals surface area contributed by atoms with Crippen molar-refractivity contribution in [3.05, 3.63) is 12.2 Å². The number of allylic oxidation sites excluding steroid dienone is 2. The monoisotopic (exact) mass is 535 g/mol.